The Bertz CT molecular complexity index is 706. The van der Waals surface area contributed by atoms with E-state index in [9.17, 15) is 13.2 Å². The van der Waals surface area contributed by atoms with Gasteiger partial charge in [0.2, 0.25) is 10.0 Å². The highest BCUT2D eigenvalue weighted by Crippen LogP contribution is 2.35. The lowest BCUT2D eigenvalue weighted by atomic mass is 9.82. The summed E-state index contributed by atoms with van der Waals surface area (Å²) in [7, 11) is -3.23. The van der Waals surface area contributed by atoms with E-state index in [2.05, 4.69) is 9.88 Å². The van der Waals surface area contributed by atoms with E-state index in [0.29, 0.717) is 56.8 Å². The second kappa shape index (κ2) is 6.45. The first-order valence-electron chi connectivity index (χ1n) is 8.10. The second-order valence-electron chi connectivity index (χ2n) is 6.73. The number of aryl methyl sites for hydroxylation is 1. The first-order chi connectivity index (χ1) is 11.3. The van der Waals surface area contributed by atoms with E-state index in [4.69, 9.17) is 9.26 Å². The van der Waals surface area contributed by atoms with Gasteiger partial charge in [-0.05, 0) is 32.6 Å². The number of carbonyl (C=O) groups is 1. The van der Waals surface area contributed by atoms with E-state index in [-0.39, 0.29) is 17.6 Å². The van der Waals surface area contributed by atoms with E-state index < -0.39 is 10.0 Å². The average Bonchev–Trinajstić information content (AvgIpc) is 2.92. The SMILES string of the molecule is Cc1cc(C(=O)N2CCC3(CC2)CC(NS(C)(=O)=O)CCO3)no1. The molecule has 9 heteroatoms. The summed E-state index contributed by atoms with van der Waals surface area (Å²) in [5.41, 5.74) is -0.0263. The molecule has 1 unspecified atom stereocenters. The standard InChI is InChI=1S/C15H23N3O5S/c1-11-9-13(16-23-11)14(19)18-6-4-15(5-7-18)10-12(3-8-22-15)17-24(2,20)21/h9,12,17H,3-8,10H2,1-2H3. The minimum Gasteiger partial charge on any atom is -0.375 e. The largest absolute Gasteiger partial charge is 0.375 e. The van der Waals surface area contributed by atoms with Crippen molar-refractivity contribution in [3.63, 3.8) is 0 Å². The van der Waals surface area contributed by atoms with Crippen LogP contribution in [0.4, 0.5) is 0 Å². The number of ether oxygens (including phenoxy) is 1. The molecule has 1 aromatic heterocycles. The Labute approximate surface area is 141 Å². The lowest BCUT2D eigenvalue weighted by Crippen LogP contribution is -2.54. The van der Waals surface area contributed by atoms with Crippen LogP contribution in [0.25, 0.3) is 0 Å². The van der Waals surface area contributed by atoms with E-state index in [1.807, 2.05) is 0 Å². The van der Waals surface area contributed by atoms with E-state index >= 15 is 0 Å². The minimum atomic E-state index is -3.23. The van der Waals surface area contributed by atoms with Crippen LogP contribution in [0, 0.1) is 6.92 Å². The fraction of sp³-hybridized carbons (Fsp3) is 0.733. The summed E-state index contributed by atoms with van der Waals surface area (Å²) in [5, 5.41) is 3.77. The maximum Gasteiger partial charge on any atom is 0.276 e. The van der Waals surface area contributed by atoms with Crippen molar-refractivity contribution in [2.75, 3.05) is 26.0 Å². The summed E-state index contributed by atoms with van der Waals surface area (Å²) < 4.78 is 36.5. The Morgan fingerprint density at radius 2 is 2.12 bits per heavy atom. The molecule has 1 amide bonds. The third-order valence-electron chi connectivity index (χ3n) is 4.68. The van der Waals surface area contributed by atoms with Crippen LogP contribution in [0.5, 0.6) is 0 Å². The van der Waals surface area contributed by atoms with Crippen molar-refractivity contribution in [2.24, 2.45) is 0 Å². The predicted molar refractivity (Wildman–Crippen MR) is 86.1 cm³/mol. The van der Waals surface area contributed by atoms with Crippen molar-refractivity contribution >= 4 is 15.9 Å². The zero-order valence-electron chi connectivity index (χ0n) is 13.9. The number of nitrogens with zero attached hydrogens (tertiary/aromatic N) is 2. The number of sulfonamides is 1. The van der Waals surface area contributed by atoms with Crippen LogP contribution in [0.3, 0.4) is 0 Å². The van der Waals surface area contributed by atoms with Crippen LogP contribution in [0.1, 0.15) is 41.9 Å². The van der Waals surface area contributed by atoms with Gasteiger partial charge >= 0.3 is 0 Å². The molecule has 1 aromatic rings. The van der Waals surface area contributed by atoms with Gasteiger partial charge in [-0.1, -0.05) is 5.16 Å². The van der Waals surface area contributed by atoms with Gasteiger partial charge < -0.3 is 14.2 Å². The van der Waals surface area contributed by atoms with E-state index in [1.54, 1.807) is 17.9 Å². The molecule has 0 radical (unpaired) electrons. The molecule has 1 atom stereocenters. The Kier molecular flexibility index (Phi) is 4.67. The number of piperidine rings is 1. The first-order valence-corrected chi connectivity index (χ1v) is 9.99. The Morgan fingerprint density at radius 3 is 2.71 bits per heavy atom. The topological polar surface area (TPSA) is 102 Å². The molecular formula is C15H23N3O5S. The molecule has 0 saturated carbocycles. The van der Waals surface area contributed by atoms with Gasteiger partial charge in [-0.3, -0.25) is 4.79 Å². The Morgan fingerprint density at radius 1 is 1.42 bits per heavy atom. The van der Waals surface area contributed by atoms with E-state index in [0.717, 1.165) is 0 Å². The maximum atomic E-state index is 12.4. The quantitative estimate of drug-likeness (QED) is 0.854. The zero-order chi connectivity index (χ0) is 17.4. The van der Waals surface area contributed by atoms with Gasteiger partial charge in [0.15, 0.2) is 5.69 Å². The van der Waals surface area contributed by atoms with Gasteiger partial charge in [0, 0.05) is 31.8 Å². The molecule has 134 valence electrons. The molecule has 0 aliphatic carbocycles. The van der Waals surface area contributed by atoms with Gasteiger partial charge in [0.05, 0.1) is 11.9 Å². The summed E-state index contributed by atoms with van der Waals surface area (Å²) in [5.74, 6) is 0.473. The molecule has 2 aliphatic heterocycles. The molecule has 24 heavy (non-hydrogen) atoms. The van der Waals surface area contributed by atoms with Gasteiger partial charge in [0.1, 0.15) is 5.76 Å². The van der Waals surface area contributed by atoms with Crippen LogP contribution in [0.15, 0.2) is 10.6 Å². The fourth-order valence-corrected chi connectivity index (χ4v) is 4.33. The first kappa shape index (κ1) is 17.4. The van der Waals surface area contributed by atoms with Crippen molar-refractivity contribution in [2.45, 2.75) is 44.2 Å². The van der Waals surface area contributed by atoms with Gasteiger partial charge in [-0.25, -0.2) is 13.1 Å². The molecule has 2 aliphatic rings. The zero-order valence-corrected chi connectivity index (χ0v) is 14.8. The molecule has 8 nitrogen and oxygen atoms in total. The third kappa shape index (κ3) is 3.96. The monoisotopic (exact) mass is 357 g/mol. The smallest absolute Gasteiger partial charge is 0.276 e. The van der Waals surface area contributed by atoms with Crippen molar-refractivity contribution in [3.8, 4) is 0 Å². The van der Waals surface area contributed by atoms with Crippen LogP contribution >= 0.6 is 0 Å². The number of carbonyl (C=O) groups excluding carboxylic acids is 1. The van der Waals surface area contributed by atoms with Crippen molar-refractivity contribution in [1.82, 2.24) is 14.8 Å². The number of rotatable bonds is 3. The third-order valence-corrected chi connectivity index (χ3v) is 5.44. The summed E-state index contributed by atoms with van der Waals surface area (Å²) in [6.07, 6.45) is 3.88. The molecule has 0 aromatic carbocycles. The molecule has 1 N–H and O–H groups in total. The highest BCUT2D eigenvalue weighted by molar-refractivity contribution is 7.88. The number of hydrogen-bond donors (Lipinski definition) is 1. The van der Waals surface area contributed by atoms with Crippen LogP contribution < -0.4 is 4.72 Å². The molecule has 3 rings (SSSR count). The fourth-order valence-electron chi connectivity index (χ4n) is 3.53. The number of nitrogens with one attached hydrogen (secondary N) is 1. The summed E-state index contributed by atoms with van der Waals surface area (Å²) in [6.45, 7) is 3.41. The maximum absolute atomic E-state index is 12.4. The van der Waals surface area contributed by atoms with Crippen LogP contribution in [-0.4, -0.2) is 62.0 Å². The molecular weight excluding hydrogens is 334 g/mol. The summed E-state index contributed by atoms with van der Waals surface area (Å²) in [6, 6.07) is 1.53. The lowest BCUT2D eigenvalue weighted by molar-refractivity contribution is -0.113. The number of likely N-dealkylation sites (tertiary alicyclic amines) is 1. The Hall–Kier alpha value is -1.45. The van der Waals surface area contributed by atoms with Crippen LogP contribution in [-0.2, 0) is 14.8 Å². The van der Waals surface area contributed by atoms with Crippen molar-refractivity contribution in [1.29, 1.82) is 0 Å². The minimum absolute atomic E-state index is 0.103. The highest BCUT2D eigenvalue weighted by Gasteiger charge is 2.42. The summed E-state index contributed by atoms with van der Waals surface area (Å²) in [4.78, 5) is 14.2. The normalized spacial score (nSPS) is 24.2. The van der Waals surface area contributed by atoms with Gasteiger partial charge in [0.25, 0.3) is 5.91 Å². The molecule has 0 bridgehead atoms. The second-order valence-corrected chi connectivity index (χ2v) is 8.51. The lowest BCUT2D eigenvalue weighted by Gasteiger charge is -2.46. The van der Waals surface area contributed by atoms with Crippen LogP contribution in [0.2, 0.25) is 0 Å². The molecule has 3 heterocycles. The van der Waals surface area contributed by atoms with E-state index in [1.165, 1.54) is 6.26 Å². The summed E-state index contributed by atoms with van der Waals surface area (Å²) >= 11 is 0. The van der Waals surface area contributed by atoms with Crippen molar-refractivity contribution < 1.29 is 22.5 Å². The Balaban J connectivity index is 1.60. The van der Waals surface area contributed by atoms with Gasteiger partial charge in [-0.2, -0.15) is 0 Å². The number of amides is 1. The van der Waals surface area contributed by atoms with Gasteiger partial charge in [-0.15, -0.1) is 0 Å². The number of hydrogen-bond acceptors (Lipinski definition) is 6. The predicted octanol–water partition coefficient (Wildman–Crippen LogP) is 0.686. The molecule has 2 saturated heterocycles. The molecule has 2 fully saturated rings. The molecule has 1 spiro atoms. The number of aromatic nitrogens is 1. The van der Waals surface area contributed by atoms with Crippen molar-refractivity contribution in [3.05, 3.63) is 17.5 Å². The average molecular weight is 357 g/mol. The highest BCUT2D eigenvalue weighted by atomic mass is 32.2.